The van der Waals surface area contributed by atoms with Gasteiger partial charge in [0.1, 0.15) is 11.5 Å². The smallest absolute Gasteiger partial charge is 0.295 e. The molecule has 0 aliphatic carbocycles. The number of rotatable bonds is 6. The molecule has 1 N–H and O–H groups in total. The van der Waals surface area contributed by atoms with Crippen molar-refractivity contribution in [3.8, 4) is 5.75 Å². The van der Waals surface area contributed by atoms with Crippen LogP contribution >= 0.6 is 0 Å². The van der Waals surface area contributed by atoms with Gasteiger partial charge in [-0.25, -0.2) is 0 Å². The lowest BCUT2D eigenvalue weighted by Crippen LogP contribution is -2.30. The minimum atomic E-state index is -0.672. The number of methoxy groups -OCH3 is 1. The minimum absolute atomic E-state index is 0.0966. The van der Waals surface area contributed by atoms with E-state index in [1.807, 2.05) is 70.1 Å². The molecular formula is C25H30N2O4. The minimum Gasteiger partial charge on any atom is -0.507 e. The van der Waals surface area contributed by atoms with Crippen molar-refractivity contribution >= 4 is 23.1 Å². The van der Waals surface area contributed by atoms with E-state index in [0.717, 1.165) is 22.4 Å². The van der Waals surface area contributed by atoms with Crippen LogP contribution in [0.5, 0.6) is 5.75 Å². The number of aliphatic hydroxyl groups is 1. The van der Waals surface area contributed by atoms with E-state index in [0.29, 0.717) is 24.3 Å². The van der Waals surface area contributed by atoms with Crippen molar-refractivity contribution in [1.29, 1.82) is 0 Å². The van der Waals surface area contributed by atoms with Crippen LogP contribution in [0.25, 0.3) is 5.76 Å². The number of benzene rings is 2. The summed E-state index contributed by atoms with van der Waals surface area (Å²) in [5.41, 5.74) is 4.08. The third-order valence-electron chi connectivity index (χ3n) is 5.61. The van der Waals surface area contributed by atoms with Gasteiger partial charge in [0, 0.05) is 26.3 Å². The summed E-state index contributed by atoms with van der Waals surface area (Å²) in [5.74, 6) is -0.976. The fourth-order valence-corrected chi connectivity index (χ4v) is 4.20. The molecule has 2 aromatic carbocycles. The predicted molar refractivity (Wildman–Crippen MR) is 123 cm³/mol. The number of ketones is 1. The van der Waals surface area contributed by atoms with E-state index in [2.05, 4.69) is 0 Å². The van der Waals surface area contributed by atoms with Crippen LogP contribution in [0.4, 0.5) is 5.69 Å². The first kappa shape index (κ1) is 22.4. The second kappa shape index (κ2) is 8.84. The van der Waals surface area contributed by atoms with Gasteiger partial charge in [0.2, 0.25) is 0 Å². The standard InChI is InChI=1S/C25H30N2O4/c1-7-12-27-21(17-8-10-18(11-9-17)26(4)5)20(23(29)25(27)30)22(28)19-14-15(2)13-16(3)24(19)31-6/h8-11,13-14,21,28H,7,12H2,1-6H3/b22-20+. The number of ether oxygens (including phenoxy) is 1. The Balaban J connectivity index is 2.25. The van der Waals surface area contributed by atoms with Crippen LogP contribution in [0.15, 0.2) is 42.0 Å². The Labute approximate surface area is 183 Å². The van der Waals surface area contributed by atoms with E-state index in [4.69, 9.17) is 4.74 Å². The van der Waals surface area contributed by atoms with Gasteiger partial charge in [-0.15, -0.1) is 0 Å². The highest BCUT2D eigenvalue weighted by atomic mass is 16.5. The molecule has 3 rings (SSSR count). The molecule has 0 spiro atoms. The fourth-order valence-electron chi connectivity index (χ4n) is 4.20. The van der Waals surface area contributed by atoms with E-state index in [-0.39, 0.29) is 11.3 Å². The van der Waals surface area contributed by atoms with E-state index < -0.39 is 17.7 Å². The maximum absolute atomic E-state index is 13.1. The molecule has 1 fully saturated rings. The molecule has 1 atom stereocenters. The zero-order valence-electron chi connectivity index (χ0n) is 19.0. The lowest BCUT2D eigenvalue weighted by atomic mass is 9.93. The third-order valence-corrected chi connectivity index (χ3v) is 5.61. The van der Waals surface area contributed by atoms with Crippen molar-refractivity contribution in [2.24, 2.45) is 0 Å². The first-order chi connectivity index (χ1) is 14.7. The molecule has 2 aromatic rings. The molecule has 6 heteroatoms. The Bertz CT molecular complexity index is 1040. The second-order valence-corrected chi connectivity index (χ2v) is 8.14. The average molecular weight is 423 g/mol. The summed E-state index contributed by atoms with van der Waals surface area (Å²) in [5, 5.41) is 11.3. The fraction of sp³-hybridized carbons (Fsp3) is 0.360. The van der Waals surface area contributed by atoms with Gasteiger partial charge in [-0.3, -0.25) is 9.59 Å². The Morgan fingerprint density at radius 2 is 1.77 bits per heavy atom. The predicted octanol–water partition coefficient (Wildman–Crippen LogP) is 4.21. The Morgan fingerprint density at radius 1 is 1.13 bits per heavy atom. The van der Waals surface area contributed by atoms with Crippen molar-refractivity contribution in [3.05, 3.63) is 64.2 Å². The number of hydrogen-bond acceptors (Lipinski definition) is 5. The summed E-state index contributed by atoms with van der Waals surface area (Å²) < 4.78 is 5.52. The number of carbonyl (C=O) groups is 2. The third kappa shape index (κ3) is 4.02. The van der Waals surface area contributed by atoms with E-state index in [1.165, 1.54) is 7.11 Å². The zero-order chi connectivity index (χ0) is 22.9. The number of Topliss-reactive ketones (excluding diaryl/α,β-unsaturated/α-hetero) is 1. The maximum atomic E-state index is 13.1. The van der Waals surface area contributed by atoms with Crippen LogP contribution < -0.4 is 9.64 Å². The summed E-state index contributed by atoms with van der Waals surface area (Å²) >= 11 is 0. The summed E-state index contributed by atoms with van der Waals surface area (Å²) in [6, 6.07) is 10.8. The Hall–Kier alpha value is -3.28. The molecule has 1 aliphatic heterocycles. The lowest BCUT2D eigenvalue weighted by molar-refractivity contribution is -0.139. The van der Waals surface area contributed by atoms with Gasteiger partial charge in [0.05, 0.1) is 24.3 Å². The van der Waals surface area contributed by atoms with Crippen LogP contribution in [-0.2, 0) is 9.59 Å². The quantitative estimate of drug-likeness (QED) is 0.429. The monoisotopic (exact) mass is 422 g/mol. The van der Waals surface area contributed by atoms with Crippen molar-refractivity contribution in [3.63, 3.8) is 0 Å². The first-order valence-corrected chi connectivity index (χ1v) is 10.4. The number of carbonyl (C=O) groups excluding carboxylic acids is 2. The molecule has 1 unspecified atom stereocenters. The topological polar surface area (TPSA) is 70.1 Å². The van der Waals surface area contributed by atoms with Gasteiger partial charge in [0.15, 0.2) is 0 Å². The molecule has 0 saturated carbocycles. The number of likely N-dealkylation sites (tertiary alicyclic amines) is 1. The maximum Gasteiger partial charge on any atom is 0.295 e. The summed E-state index contributed by atoms with van der Waals surface area (Å²) in [4.78, 5) is 29.5. The van der Waals surface area contributed by atoms with Crippen LogP contribution in [0, 0.1) is 13.8 Å². The van der Waals surface area contributed by atoms with Crippen molar-refractivity contribution < 1.29 is 19.4 Å². The molecule has 1 amide bonds. The number of nitrogens with zero attached hydrogens (tertiary/aromatic N) is 2. The second-order valence-electron chi connectivity index (χ2n) is 8.14. The van der Waals surface area contributed by atoms with Crippen LogP contribution in [0.1, 0.15) is 41.6 Å². The molecule has 6 nitrogen and oxygen atoms in total. The Kier molecular flexibility index (Phi) is 6.39. The number of aliphatic hydroxyl groups excluding tert-OH is 1. The summed E-state index contributed by atoms with van der Waals surface area (Å²) in [7, 11) is 5.43. The van der Waals surface area contributed by atoms with Gasteiger partial charge in [0.25, 0.3) is 11.7 Å². The highest BCUT2D eigenvalue weighted by Gasteiger charge is 2.46. The highest BCUT2D eigenvalue weighted by molar-refractivity contribution is 6.46. The lowest BCUT2D eigenvalue weighted by Gasteiger charge is -2.25. The van der Waals surface area contributed by atoms with E-state index >= 15 is 0 Å². The molecule has 164 valence electrons. The Morgan fingerprint density at radius 3 is 2.32 bits per heavy atom. The molecule has 0 bridgehead atoms. The molecule has 31 heavy (non-hydrogen) atoms. The van der Waals surface area contributed by atoms with Crippen LogP contribution in [-0.4, -0.2) is 49.4 Å². The number of hydrogen-bond donors (Lipinski definition) is 1. The van der Waals surface area contributed by atoms with E-state index in [9.17, 15) is 14.7 Å². The van der Waals surface area contributed by atoms with Gasteiger partial charge < -0.3 is 19.6 Å². The van der Waals surface area contributed by atoms with Gasteiger partial charge in [-0.2, -0.15) is 0 Å². The average Bonchev–Trinajstić information content (AvgIpc) is 2.98. The molecule has 1 saturated heterocycles. The highest BCUT2D eigenvalue weighted by Crippen LogP contribution is 2.42. The molecule has 1 heterocycles. The SMILES string of the molecule is CCCN1C(=O)C(=O)/C(=C(/O)c2cc(C)cc(C)c2OC)C1c1ccc(N(C)C)cc1. The number of anilines is 1. The van der Waals surface area contributed by atoms with Crippen LogP contribution in [0.2, 0.25) is 0 Å². The van der Waals surface area contributed by atoms with Gasteiger partial charge in [-0.1, -0.05) is 25.1 Å². The van der Waals surface area contributed by atoms with Gasteiger partial charge in [-0.05, 0) is 55.2 Å². The summed E-state index contributed by atoms with van der Waals surface area (Å²) in [6.07, 6.45) is 0.701. The summed E-state index contributed by atoms with van der Waals surface area (Å²) in [6.45, 7) is 6.18. The molecule has 0 aromatic heterocycles. The molecule has 0 radical (unpaired) electrons. The van der Waals surface area contributed by atoms with Crippen molar-refractivity contribution in [2.45, 2.75) is 33.2 Å². The number of amides is 1. The largest absolute Gasteiger partial charge is 0.507 e. The van der Waals surface area contributed by atoms with Gasteiger partial charge >= 0.3 is 0 Å². The normalized spacial score (nSPS) is 17.9. The van der Waals surface area contributed by atoms with Crippen molar-refractivity contribution in [2.75, 3.05) is 32.6 Å². The molecule has 1 aliphatic rings. The van der Waals surface area contributed by atoms with Crippen LogP contribution in [0.3, 0.4) is 0 Å². The van der Waals surface area contributed by atoms with Crippen molar-refractivity contribution in [1.82, 2.24) is 4.90 Å². The number of aryl methyl sites for hydroxylation is 2. The van der Waals surface area contributed by atoms with E-state index in [1.54, 1.807) is 11.0 Å². The molecular weight excluding hydrogens is 392 g/mol. The first-order valence-electron chi connectivity index (χ1n) is 10.4. The zero-order valence-corrected chi connectivity index (χ0v) is 19.0.